The molecule has 1 amide bonds. The van der Waals surface area contributed by atoms with E-state index in [9.17, 15) is 4.79 Å². The third-order valence-electron chi connectivity index (χ3n) is 3.26. The number of hydrogen-bond acceptors (Lipinski definition) is 3. The maximum Gasteiger partial charge on any atom is 0.252 e. The maximum absolute atomic E-state index is 12.0. The van der Waals surface area contributed by atoms with Crippen LogP contribution in [0.5, 0.6) is 0 Å². The Morgan fingerprint density at radius 3 is 2.70 bits per heavy atom. The summed E-state index contributed by atoms with van der Waals surface area (Å²) in [5, 5.41) is 6.33. The van der Waals surface area contributed by atoms with E-state index >= 15 is 0 Å². The van der Waals surface area contributed by atoms with Crippen molar-refractivity contribution in [3.05, 3.63) is 33.4 Å². The van der Waals surface area contributed by atoms with Crippen LogP contribution in [-0.2, 0) is 0 Å². The molecule has 0 spiro atoms. The molecule has 2 rings (SSSR count). The molecule has 0 bridgehead atoms. The molecule has 0 aliphatic carbocycles. The van der Waals surface area contributed by atoms with Gasteiger partial charge in [-0.3, -0.25) is 4.79 Å². The van der Waals surface area contributed by atoms with Gasteiger partial charge in [0.05, 0.1) is 5.56 Å². The molecule has 20 heavy (non-hydrogen) atoms. The van der Waals surface area contributed by atoms with Crippen molar-refractivity contribution < 1.29 is 4.79 Å². The normalized spacial score (nSPS) is 15.4. The fourth-order valence-corrected chi connectivity index (χ4v) is 2.81. The van der Waals surface area contributed by atoms with Gasteiger partial charge in [-0.15, -0.1) is 12.4 Å². The van der Waals surface area contributed by atoms with E-state index in [1.807, 2.05) is 24.3 Å². The maximum atomic E-state index is 12.0. The van der Waals surface area contributed by atoms with E-state index in [4.69, 9.17) is 0 Å². The number of hydrogen-bond donors (Lipinski definition) is 2. The van der Waals surface area contributed by atoms with Crippen molar-refractivity contribution in [2.75, 3.05) is 39.3 Å². The summed E-state index contributed by atoms with van der Waals surface area (Å²) in [6.45, 7) is 6.19. The summed E-state index contributed by atoms with van der Waals surface area (Å²) in [4.78, 5) is 14.4. The molecule has 0 radical (unpaired) electrons. The lowest BCUT2D eigenvalue weighted by molar-refractivity contribution is 0.0950. The summed E-state index contributed by atoms with van der Waals surface area (Å²) in [5.74, 6) is 0.0327. The summed E-state index contributed by atoms with van der Waals surface area (Å²) in [5.41, 5.74) is 0.769. The standard InChI is InChI=1S/C14H20IN3O.ClH/c15-13-5-2-1-4-12(13)14(19)17-6-3-9-18-10-7-16-8-11-18;/h1-2,4-5,16H,3,6-11H2,(H,17,19);1H. The minimum atomic E-state index is 0. The molecule has 0 aromatic heterocycles. The molecular weight excluding hydrogens is 389 g/mol. The molecule has 112 valence electrons. The fourth-order valence-electron chi connectivity index (χ4n) is 2.18. The number of amides is 1. The summed E-state index contributed by atoms with van der Waals surface area (Å²) < 4.78 is 1.000. The van der Waals surface area contributed by atoms with Crippen molar-refractivity contribution in [3.63, 3.8) is 0 Å². The van der Waals surface area contributed by atoms with Crippen molar-refractivity contribution in [3.8, 4) is 0 Å². The molecule has 1 aromatic carbocycles. The van der Waals surface area contributed by atoms with Gasteiger partial charge in [0.15, 0.2) is 0 Å². The lowest BCUT2D eigenvalue weighted by atomic mass is 10.2. The van der Waals surface area contributed by atoms with Crippen LogP contribution in [-0.4, -0.2) is 50.1 Å². The predicted molar refractivity (Wildman–Crippen MR) is 92.7 cm³/mol. The minimum Gasteiger partial charge on any atom is -0.352 e. The van der Waals surface area contributed by atoms with Crippen LogP contribution < -0.4 is 10.6 Å². The highest BCUT2D eigenvalue weighted by molar-refractivity contribution is 14.1. The minimum absolute atomic E-state index is 0. The number of rotatable bonds is 5. The summed E-state index contributed by atoms with van der Waals surface area (Å²) >= 11 is 2.20. The Morgan fingerprint density at radius 1 is 1.30 bits per heavy atom. The third kappa shape index (κ3) is 5.55. The number of carbonyl (C=O) groups is 1. The van der Waals surface area contributed by atoms with Gasteiger partial charge in [0.1, 0.15) is 0 Å². The van der Waals surface area contributed by atoms with Crippen LogP contribution in [0.1, 0.15) is 16.8 Å². The molecule has 0 saturated carbocycles. The molecule has 0 atom stereocenters. The average molecular weight is 410 g/mol. The van der Waals surface area contributed by atoms with E-state index in [0.717, 1.165) is 54.8 Å². The first-order chi connectivity index (χ1) is 9.27. The third-order valence-corrected chi connectivity index (χ3v) is 4.21. The van der Waals surface area contributed by atoms with Crippen molar-refractivity contribution in [1.82, 2.24) is 15.5 Å². The molecule has 1 aromatic rings. The monoisotopic (exact) mass is 409 g/mol. The highest BCUT2D eigenvalue weighted by Gasteiger charge is 2.10. The van der Waals surface area contributed by atoms with Crippen molar-refractivity contribution in [1.29, 1.82) is 0 Å². The first kappa shape index (κ1) is 17.7. The number of halogens is 2. The van der Waals surface area contributed by atoms with Gasteiger partial charge < -0.3 is 15.5 Å². The zero-order valence-corrected chi connectivity index (χ0v) is 14.4. The van der Waals surface area contributed by atoms with Crippen molar-refractivity contribution >= 4 is 40.9 Å². The van der Waals surface area contributed by atoms with Gasteiger partial charge in [-0.1, -0.05) is 12.1 Å². The highest BCUT2D eigenvalue weighted by atomic mass is 127. The van der Waals surface area contributed by atoms with Crippen molar-refractivity contribution in [2.24, 2.45) is 0 Å². The van der Waals surface area contributed by atoms with Crippen LogP contribution in [0.2, 0.25) is 0 Å². The zero-order chi connectivity index (χ0) is 13.5. The topological polar surface area (TPSA) is 44.4 Å². The zero-order valence-electron chi connectivity index (χ0n) is 11.4. The SMILES string of the molecule is Cl.O=C(NCCCN1CCNCC1)c1ccccc1I. The lowest BCUT2D eigenvalue weighted by Crippen LogP contribution is -2.44. The van der Waals surface area contributed by atoms with Crippen LogP contribution in [0.15, 0.2) is 24.3 Å². The van der Waals surface area contributed by atoms with E-state index in [2.05, 4.69) is 38.1 Å². The summed E-state index contributed by atoms with van der Waals surface area (Å²) in [7, 11) is 0. The summed E-state index contributed by atoms with van der Waals surface area (Å²) in [6, 6.07) is 7.67. The molecule has 1 aliphatic heterocycles. The smallest absolute Gasteiger partial charge is 0.252 e. The number of nitrogens with one attached hydrogen (secondary N) is 2. The first-order valence-electron chi connectivity index (χ1n) is 6.73. The lowest BCUT2D eigenvalue weighted by Gasteiger charge is -2.27. The first-order valence-corrected chi connectivity index (χ1v) is 7.81. The van der Waals surface area contributed by atoms with Crippen LogP contribution in [0.3, 0.4) is 0 Å². The van der Waals surface area contributed by atoms with Gasteiger partial charge in [0, 0.05) is 36.3 Å². The number of benzene rings is 1. The van der Waals surface area contributed by atoms with Crippen molar-refractivity contribution in [2.45, 2.75) is 6.42 Å². The molecule has 6 heteroatoms. The Hall–Kier alpha value is -0.370. The average Bonchev–Trinajstić information content (AvgIpc) is 2.45. The van der Waals surface area contributed by atoms with E-state index in [1.165, 1.54) is 0 Å². The van der Waals surface area contributed by atoms with Gasteiger partial charge >= 0.3 is 0 Å². The van der Waals surface area contributed by atoms with Gasteiger partial charge in [-0.25, -0.2) is 0 Å². The molecule has 2 N–H and O–H groups in total. The number of nitrogens with zero attached hydrogens (tertiary/aromatic N) is 1. The van der Waals surface area contributed by atoms with Gasteiger partial charge in [0.25, 0.3) is 5.91 Å². The quantitative estimate of drug-likeness (QED) is 0.575. The predicted octanol–water partition coefficient (Wildman–Crippen LogP) is 1.74. The number of piperazine rings is 1. The van der Waals surface area contributed by atoms with E-state index in [1.54, 1.807) is 0 Å². The van der Waals surface area contributed by atoms with Crippen LogP contribution in [0.4, 0.5) is 0 Å². The summed E-state index contributed by atoms with van der Waals surface area (Å²) in [6.07, 6.45) is 1.01. The molecule has 1 heterocycles. The Balaban J connectivity index is 0.00000200. The Kier molecular flexibility index (Phi) is 8.44. The van der Waals surface area contributed by atoms with Gasteiger partial charge in [-0.2, -0.15) is 0 Å². The number of carbonyl (C=O) groups excluding carboxylic acids is 1. The molecule has 1 saturated heterocycles. The highest BCUT2D eigenvalue weighted by Crippen LogP contribution is 2.10. The molecule has 1 fully saturated rings. The Bertz CT molecular complexity index is 425. The Morgan fingerprint density at radius 2 is 2.00 bits per heavy atom. The second-order valence-corrected chi connectivity index (χ2v) is 5.84. The van der Waals surface area contributed by atoms with E-state index in [-0.39, 0.29) is 18.3 Å². The molecule has 0 unspecified atom stereocenters. The van der Waals surface area contributed by atoms with E-state index in [0.29, 0.717) is 0 Å². The van der Waals surface area contributed by atoms with Gasteiger partial charge in [0.2, 0.25) is 0 Å². The molecule has 1 aliphatic rings. The van der Waals surface area contributed by atoms with Crippen LogP contribution >= 0.6 is 35.0 Å². The van der Waals surface area contributed by atoms with Crippen LogP contribution in [0.25, 0.3) is 0 Å². The molecular formula is C14H21ClIN3O. The van der Waals surface area contributed by atoms with E-state index < -0.39 is 0 Å². The van der Waals surface area contributed by atoms with Crippen LogP contribution in [0, 0.1) is 3.57 Å². The second kappa shape index (κ2) is 9.55. The second-order valence-electron chi connectivity index (χ2n) is 4.68. The fraction of sp³-hybridized carbons (Fsp3) is 0.500. The molecule has 4 nitrogen and oxygen atoms in total. The Labute approximate surface area is 140 Å². The largest absolute Gasteiger partial charge is 0.352 e. The van der Waals surface area contributed by atoms with Gasteiger partial charge in [-0.05, 0) is 47.7 Å².